The van der Waals surface area contributed by atoms with Crippen LogP contribution in [-0.2, 0) is 4.79 Å². The van der Waals surface area contributed by atoms with E-state index in [1.807, 2.05) is 0 Å². The summed E-state index contributed by atoms with van der Waals surface area (Å²) >= 11 is 0.771. The maximum Gasteiger partial charge on any atom is 0.290 e. The normalized spacial score (nSPS) is 15.9. The van der Waals surface area contributed by atoms with E-state index in [9.17, 15) is 19.7 Å². The fourth-order valence-corrected chi connectivity index (χ4v) is 2.66. The molecule has 1 aliphatic heterocycles. The zero-order chi connectivity index (χ0) is 16.6. The lowest BCUT2D eigenvalue weighted by atomic mass is 10.1. The van der Waals surface area contributed by atoms with Gasteiger partial charge in [-0.3, -0.25) is 25.0 Å². The van der Waals surface area contributed by atoms with E-state index in [0.717, 1.165) is 11.8 Å². The van der Waals surface area contributed by atoms with E-state index < -0.39 is 16.1 Å². The van der Waals surface area contributed by atoms with Crippen LogP contribution >= 0.6 is 11.8 Å². The number of nitro groups is 1. The minimum Gasteiger partial charge on any atom is -0.457 e. The molecule has 9 heteroatoms. The summed E-state index contributed by atoms with van der Waals surface area (Å²) in [5.41, 5.74) is 6.42. The second-order valence-electron chi connectivity index (χ2n) is 4.58. The molecule has 116 valence electrons. The van der Waals surface area contributed by atoms with Gasteiger partial charge in [0.25, 0.3) is 16.8 Å². The number of rotatable bonds is 3. The van der Waals surface area contributed by atoms with Crippen molar-refractivity contribution >= 4 is 40.4 Å². The molecule has 2 heterocycles. The zero-order valence-electron chi connectivity index (χ0n) is 11.4. The number of anilines is 1. The van der Waals surface area contributed by atoms with Crippen molar-refractivity contribution < 1.29 is 18.9 Å². The third kappa shape index (κ3) is 2.94. The number of imide groups is 1. The number of carbonyl (C=O) groups excluding carboxylic acids is 2. The SMILES string of the molecule is Nc1ccc([N+](=O)[O-])cc1-c1ccc(/C=C2\SC(=O)NC2=O)o1. The first-order valence-electron chi connectivity index (χ1n) is 6.33. The zero-order valence-corrected chi connectivity index (χ0v) is 12.3. The summed E-state index contributed by atoms with van der Waals surface area (Å²) in [5, 5.41) is 12.5. The summed E-state index contributed by atoms with van der Waals surface area (Å²) in [7, 11) is 0. The molecule has 2 amide bonds. The van der Waals surface area contributed by atoms with Crippen LogP contribution < -0.4 is 11.1 Å². The van der Waals surface area contributed by atoms with E-state index in [-0.39, 0.29) is 10.6 Å². The average molecular weight is 331 g/mol. The quantitative estimate of drug-likeness (QED) is 0.383. The van der Waals surface area contributed by atoms with Crippen molar-refractivity contribution in [3.8, 4) is 11.3 Å². The van der Waals surface area contributed by atoms with Crippen molar-refractivity contribution in [1.29, 1.82) is 0 Å². The standard InChI is InChI=1S/C14H9N3O5S/c15-10-3-1-7(17(20)21)5-9(10)11-4-2-8(22-11)6-12-13(18)16-14(19)23-12/h1-6H,15H2,(H,16,18,19)/b12-6-. The molecule has 0 bridgehead atoms. The smallest absolute Gasteiger partial charge is 0.290 e. The molecule has 23 heavy (non-hydrogen) atoms. The van der Waals surface area contributed by atoms with Crippen LogP contribution in [0.3, 0.4) is 0 Å². The van der Waals surface area contributed by atoms with Crippen LogP contribution in [0.4, 0.5) is 16.2 Å². The largest absolute Gasteiger partial charge is 0.457 e. The number of hydrogen-bond donors (Lipinski definition) is 2. The number of hydrogen-bond acceptors (Lipinski definition) is 7. The van der Waals surface area contributed by atoms with Crippen LogP contribution in [0.25, 0.3) is 17.4 Å². The van der Waals surface area contributed by atoms with Crippen LogP contribution in [0, 0.1) is 10.1 Å². The topological polar surface area (TPSA) is 128 Å². The average Bonchev–Trinajstić information content (AvgIpc) is 3.06. The Morgan fingerprint density at radius 2 is 2.04 bits per heavy atom. The fourth-order valence-electron chi connectivity index (χ4n) is 2.00. The van der Waals surface area contributed by atoms with E-state index in [2.05, 4.69) is 5.32 Å². The lowest BCUT2D eigenvalue weighted by molar-refractivity contribution is -0.384. The molecule has 1 fully saturated rings. The molecule has 0 spiro atoms. The Morgan fingerprint density at radius 1 is 1.26 bits per heavy atom. The number of thioether (sulfide) groups is 1. The minimum atomic E-state index is -0.528. The Hall–Kier alpha value is -3.07. The molecule has 3 rings (SSSR count). The summed E-state index contributed by atoms with van der Waals surface area (Å²) in [6.07, 6.45) is 1.42. The van der Waals surface area contributed by atoms with E-state index in [0.29, 0.717) is 22.8 Å². The van der Waals surface area contributed by atoms with E-state index in [4.69, 9.17) is 10.2 Å². The number of benzene rings is 1. The number of non-ortho nitro benzene ring substituents is 1. The lowest BCUT2D eigenvalue weighted by Crippen LogP contribution is -2.17. The highest BCUT2D eigenvalue weighted by molar-refractivity contribution is 8.18. The van der Waals surface area contributed by atoms with Gasteiger partial charge in [-0.25, -0.2) is 0 Å². The van der Waals surface area contributed by atoms with Crippen LogP contribution in [0.15, 0.2) is 39.7 Å². The Labute approximate surface area is 133 Å². The molecular weight excluding hydrogens is 322 g/mol. The highest BCUT2D eigenvalue weighted by Crippen LogP contribution is 2.33. The number of carbonyl (C=O) groups is 2. The van der Waals surface area contributed by atoms with E-state index >= 15 is 0 Å². The van der Waals surface area contributed by atoms with Gasteiger partial charge in [-0.15, -0.1) is 0 Å². The molecule has 0 radical (unpaired) electrons. The number of nitrogen functional groups attached to an aromatic ring is 1. The van der Waals surface area contributed by atoms with Crippen LogP contribution in [0.5, 0.6) is 0 Å². The fraction of sp³-hybridized carbons (Fsp3) is 0. The predicted molar refractivity (Wildman–Crippen MR) is 84.3 cm³/mol. The van der Waals surface area contributed by atoms with Crippen molar-refractivity contribution in [2.45, 2.75) is 0 Å². The molecule has 0 aliphatic carbocycles. The third-order valence-corrected chi connectivity index (χ3v) is 3.87. The summed E-state index contributed by atoms with van der Waals surface area (Å²) in [5.74, 6) is 0.166. The summed E-state index contributed by atoms with van der Waals surface area (Å²) < 4.78 is 5.55. The van der Waals surface area contributed by atoms with E-state index in [1.54, 1.807) is 12.1 Å². The van der Waals surface area contributed by atoms with Crippen LogP contribution in [0.1, 0.15) is 5.76 Å². The number of nitro benzene ring substituents is 1. The lowest BCUT2D eigenvalue weighted by Gasteiger charge is -2.02. The Morgan fingerprint density at radius 3 is 2.70 bits per heavy atom. The van der Waals surface area contributed by atoms with Gasteiger partial charge in [-0.05, 0) is 30.0 Å². The van der Waals surface area contributed by atoms with Crippen molar-refractivity contribution in [2.75, 3.05) is 5.73 Å². The van der Waals surface area contributed by atoms with Gasteiger partial charge in [-0.1, -0.05) is 0 Å². The van der Waals surface area contributed by atoms with Gasteiger partial charge >= 0.3 is 0 Å². The van der Waals surface area contributed by atoms with Crippen LogP contribution in [-0.4, -0.2) is 16.1 Å². The van der Waals surface area contributed by atoms with Gasteiger partial charge in [0.05, 0.1) is 9.83 Å². The summed E-state index contributed by atoms with van der Waals surface area (Å²) in [6, 6.07) is 7.20. The molecule has 2 aromatic rings. The number of nitrogens with two attached hydrogens (primary N) is 1. The summed E-state index contributed by atoms with van der Waals surface area (Å²) in [4.78, 5) is 33.1. The molecule has 1 aromatic carbocycles. The Kier molecular flexibility index (Phi) is 3.62. The minimum absolute atomic E-state index is 0.109. The Bertz CT molecular complexity index is 871. The summed E-state index contributed by atoms with van der Waals surface area (Å²) in [6.45, 7) is 0. The maximum atomic E-state index is 11.5. The third-order valence-electron chi connectivity index (χ3n) is 3.06. The molecule has 8 nitrogen and oxygen atoms in total. The van der Waals surface area contributed by atoms with Gasteiger partial charge in [-0.2, -0.15) is 0 Å². The van der Waals surface area contributed by atoms with E-state index in [1.165, 1.54) is 24.3 Å². The van der Waals surface area contributed by atoms with Crippen LogP contribution in [0.2, 0.25) is 0 Å². The number of furan rings is 1. The molecular formula is C14H9N3O5S. The van der Waals surface area contributed by atoms with Gasteiger partial charge in [0, 0.05) is 29.5 Å². The molecule has 1 aliphatic rings. The molecule has 0 saturated carbocycles. The van der Waals surface area contributed by atoms with Gasteiger partial charge in [0.2, 0.25) is 0 Å². The molecule has 0 atom stereocenters. The second kappa shape index (κ2) is 5.61. The first-order chi connectivity index (χ1) is 10.9. The molecule has 3 N–H and O–H groups in total. The number of amides is 2. The maximum absolute atomic E-state index is 11.5. The van der Waals surface area contributed by atoms with Crippen molar-refractivity contribution in [2.24, 2.45) is 0 Å². The van der Waals surface area contributed by atoms with Gasteiger partial charge < -0.3 is 10.2 Å². The monoisotopic (exact) mass is 331 g/mol. The van der Waals surface area contributed by atoms with Crippen molar-refractivity contribution in [3.63, 3.8) is 0 Å². The number of nitrogens with one attached hydrogen (secondary N) is 1. The molecule has 0 unspecified atom stereocenters. The molecule has 1 saturated heterocycles. The Balaban J connectivity index is 1.95. The molecule has 1 aromatic heterocycles. The number of nitrogens with zero attached hydrogens (tertiary/aromatic N) is 1. The first kappa shape index (κ1) is 14.9. The second-order valence-corrected chi connectivity index (χ2v) is 5.60. The van der Waals surface area contributed by atoms with Gasteiger partial charge in [0.15, 0.2) is 0 Å². The highest BCUT2D eigenvalue weighted by Gasteiger charge is 2.25. The van der Waals surface area contributed by atoms with Crippen molar-refractivity contribution in [3.05, 3.63) is 51.1 Å². The van der Waals surface area contributed by atoms with Gasteiger partial charge in [0.1, 0.15) is 11.5 Å². The highest BCUT2D eigenvalue weighted by atomic mass is 32.2. The van der Waals surface area contributed by atoms with Crippen molar-refractivity contribution in [1.82, 2.24) is 5.32 Å². The first-order valence-corrected chi connectivity index (χ1v) is 7.14. The predicted octanol–water partition coefficient (Wildman–Crippen LogP) is 2.76.